The van der Waals surface area contributed by atoms with Crippen molar-refractivity contribution in [3.8, 4) is 5.88 Å². The zero-order valence-corrected chi connectivity index (χ0v) is 14.5. The first kappa shape index (κ1) is 17.5. The van der Waals surface area contributed by atoms with Crippen molar-refractivity contribution >= 4 is 11.5 Å². The molecule has 0 radical (unpaired) electrons. The fraction of sp³-hybridized carbons (Fsp3) is 0.750. The maximum absolute atomic E-state index is 6.15. The van der Waals surface area contributed by atoms with Crippen LogP contribution in [0.15, 0.2) is 0 Å². The van der Waals surface area contributed by atoms with Gasteiger partial charge in [0.15, 0.2) is 5.82 Å². The molecule has 0 fully saturated rings. The summed E-state index contributed by atoms with van der Waals surface area (Å²) in [5.74, 6) is 1.78. The lowest BCUT2D eigenvalue weighted by Crippen LogP contribution is -2.36. The van der Waals surface area contributed by atoms with Crippen molar-refractivity contribution in [2.75, 3.05) is 17.7 Å². The Balaban J connectivity index is 2.99. The van der Waals surface area contributed by atoms with Gasteiger partial charge in [0.1, 0.15) is 11.5 Å². The lowest BCUT2D eigenvalue weighted by Gasteiger charge is -2.34. The Morgan fingerprint density at radius 1 is 1.14 bits per heavy atom. The highest BCUT2D eigenvalue weighted by Crippen LogP contribution is 2.33. The largest absolute Gasteiger partial charge is 0.476 e. The SMILES string of the molecule is CCCOc1nc(C)nc(NC(C)(C)CC(C)(C)C)c1N. The predicted molar refractivity (Wildman–Crippen MR) is 88.7 cm³/mol. The van der Waals surface area contributed by atoms with Gasteiger partial charge in [-0.1, -0.05) is 27.7 Å². The van der Waals surface area contributed by atoms with Crippen LogP contribution in [-0.2, 0) is 0 Å². The molecular weight excluding hydrogens is 264 g/mol. The summed E-state index contributed by atoms with van der Waals surface area (Å²) in [6.07, 6.45) is 1.91. The Hall–Kier alpha value is -1.52. The Kier molecular flexibility index (Phi) is 5.42. The van der Waals surface area contributed by atoms with Crippen molar-refractivity contribution in [3.05, 3.63) is 5.82 Å². The number of nitrogens with one attached hydrogen (secondary N) is 1. The Bertz CT molecular complexity index is 478. The Labute approximate surface area is 128 Å². The molecule has 0 saturated carbocycles. The molecule has 5 heteroatoms. The number of hydrogen-bond acceptors (Lipinski definition) is 5. The van der Waals surface area contributed by atoms with E-state index in [9.17, 15) is 0 Å². The second-order valence-corrected chi connectivity index (χ2v) is 7.43. The third-order valence-electron chi connectivity index (χ3n) is 2.89. The van der Waals surface area contributed by atoms with Gasteiger partial charge in [0.2, 0.25) is 5.88 Å². The average molecular weight is 294 g/mol. The highest BCUT2D eigenvalue weighted by molar-refractivity contribution is 5.67. The van der Waals surface area contributed by atoms with Crippen LogP contribution in [0, 0.1) is 12.3 Å². The number of nitrogen functional groups attached to an aromatic ring is 1. The number of rotatable bonds is 6. The summed E-state index contributed by atoms with van der Waals surface area (Å²) >= 11 is 0. The zero-order valence-electron chi connectivity index (χ0n) is 14.5. The van der Waals surface area contributed by atoms with Gasteiger partial charge in [0.25, 0.3) is 0 Å². The molecule has 5 nitrogen and oxygen atoms in total. The van der Waals surface area contributed by atoms with Gasteiger partial charge in [-0.25, -0.2) is 4.98 Å². The second-order valence-electron chi connectivity index (χ2n) is 7.43. The van der Waals surface area contributed by atoms with Gasteiger partial charge in [0, 0.05) is 5.54 Å². The van der Waals surface area contributed by atoms with Crippen LogP contribution in [0.25, 0.3) is 0 Å². The molecule has 0 aromatic carbocycles. The first-order valence-electron chi connectivity index (χ1n) is 7.59. The molecule has 0 unspecified atom stereocenters. The molecule has 120 valence electrons. The van der Waals surface area contributed by atoms with E-state index in [0.717, 1.165) is 12.8 Å². The number of anilines is 2. The van der Waals surface area contributed by atoms with Gasteiger partial charge in [0.05, 0.1) is 6.61 Å². The minimum absolute atomic E-state index is 0.116. The molecule has 1 rings (SSSR count). The highest BCUT2D eigenvalue weighted by Gasteiger charge is 2.27. The third-order valence-corrected chi connectivity index (χ3v) is 2.89. The highest BCUT2D eigenvalue weighted by atomic mass is 16.5. The van der Waals surface area contributed by atoms with Crippen LogP contribution in [-0.4, -0.2) is 22.1 Å². The summed E-state index contributed by atoms with van der Waals surface area (Å²) in [7, 11) is 0. The quantitative estimate of drug-likeness (QED) is 0.835. The van der Waals surface area contributed by atoms with Crippen LogP contribution in [0.2, 0.25) is 0 Å². The van der Waals surface area contributed by atoms with E-state index in [-0.39, 0.29) is 11.0 Å². The first-order valence-corrected chi connectivity index (χ1v) is 7.59. The van der Waals surface area contributed by atoms with Gasteiger partial charge in [-0.15, -0.1) is 0 Å². The molecule has 0 amide bonds. The van der Waals surface area contributed by atoms with E-state index in [0.29, 0.717) is 29.8 Å². The summed E-state index contributed by atoms with van der Waals surface area (Å²) < 4.78 is 5.61. The third kappa shape index (κ3) is 5.78. The maximum atomic E-state index is 6.15. The van der Waals surface area contributed by atoms with Crippen LogP contribution >= 0.6 is 0 Å². The molecular formula is C16H30N4O. The minimum atomic E-state index is -0.116. The lowest BCUT2D eigenvalue weighted by molar-refractivity contribution is 0.300. The summed E-state index contributed by atoms with van der Waals surface area (Å²) in [5, 5.41) is 3.44. The van der Waals surface area contributed by atoms with Gasteiger partial charge >= 0.3 is 0 Å². The number of aryl methyl sites for hydroxylation is 1. The van der Waals surface area contributed by atoms with E-state index in [1.165, 1.54) is 0 Å². The normalized spacial score (nSPS) is 12.3. The van der Waals surface area contributed by atoms with Gasteiger partial charge in [-0.05, 0) is 39.0 Å². The van der Waals surface area contributed by atoms with Crippen LogP contribution in [0.3, 0.4) is 0 Å². The molecule has 0 spiro atoms. The fourth-order valence-corrected chi connectivity index (χ4v) is 2.65. The summed E-state index contributed by atoms with van der Waals surface area (Å²) in [5.41, 5.74) is 6.74. The van der Waals surface area contributed by atoms with Gasteiger partial charge in [-0.3, -0.25) is 0 Å². The first-order chi connectivity index (χ1) is 9.54. The molecule has 0 atom stereocenters. The van der Waals surface area contributed by atoms with Crippen molar-refractivity contribution in [2.45, 2.75) is 66.8 Å². The molecule has 1 aromatic heterocycles. The number of hydrogen-bond donors (Lipinski definition) is 2. The summed E-state index contributed by atoms with van der Waals surface area (Å²) in [6, 6.07) is 0. The molecule has 0 bridgehead atoms. The molecule has 1 heterocycles. The van der Waals surface area contributed by atoms with E-state index in [1.807, 2.05) is 6.92 Å². The standard InChI is InChI=1S/C16H30N4O/c1-8-9-21-14-12(17)13(18-11(2)19-14)20-16(6,7)10-15(3,4)5/h8-10,17H2,1-7H3,(H,18,19,20). The Morgan fingerprint density at radius 2 is 1.76 bits per heavy atom. The van der Waals surface area contributed by atoms with Crippen molar-refractivity contribution < 1.29 is 4.74 Å². The van der Waals surface area contributed by atoms with Gasteiger partial charge in [-0.2, -0.15) is 4.98 Å². The molecule has 3 N–H and O–H groups in total. The van der Waals surface area contributed by atoms with E-state index < -0.39 is 0 Å². The topological polar surface area (TPSA) is 73.1 Å². The minimum Gasteiger partial charge on any atom is -0.476 e. The fourth-order valence-electron chi connectivity index (χ4n) is 2.65. The van der Waals surface area contributed by atoms with Crippen LogP contribution in [0.4, 0.5) is 11.5 Å². The van der Waals surface area contributed by atoms with E-state index in [4.69, 9.17) is 10.5 Å². The van der Waals surface area contributed by atoms with Gasteiger partial charge < -0.3 is 15.8 Å². The molecule has 0 aliphatic carbocycles. The smallest absolute Gasteiger partial charge is 0.242 e. The van der Waals surface area contributed by atoms with E-state index in [1.54, 1.807) is 0 Å². The van der Waals surface area contributed by atoms with Crippen LogP contribution in [0.5, 0.6) is 5.88 Å². The van der Waals surface area contributed by atoms with E-state index in [2.05, 4.69) is 56.8 Å². The molecule has 0 aliphatic heterocycles. The molecule has 0 aliphatic rings. The van der Waals surface area contributed by atoms with Crippen molar-refractivity contribution in [2.24, 2.45) is 5.41 Å². The number of nitrogens with zero attached hydrogens (tertiary/aromatic N) is 2. The number of aromatic nitrogens is 2. The maximum Gasteiger partial charge on any atom is 0.242 e. The van der Waals surface area contributed by atoms with Crippen LogP contribution < -0.4 is 15.8 Å². The average Bonchev–Trinajstić information content (AvgIpc) is 2.27. The number of ether oxygens (including phenoxy) is 1. The van der Waals surface area contributed by atoms with Crippen molar-refractivity contribution in [1.29, 1.82) is 0 Å². The lowest BCUT2D eigenvalue weighted by atomic mass is 9.82. The monoisotopic (exact) mass is 294 g/mol. The van der Waals surface area contributed by atoms with Crippen molar-refractivity contribution in [3.63, 3.8) is 0 Å². The summed E-state index contributed by atoms with van der Waals surface area (Å²) in [6.45, 7) is 15.5. The summed E-state index contributed by atoms with van der Waals surface area (Å²) in [4.78, 5) is 8.71. The van der Waals surface area contributed by atoms with E-state index >= 15 is 0 Å². The van der Waals surface area contributed by atoms with Crippen LogP contribution in [0.1, 0.15) is 60.2 Å². The molecule has 1 aromatic rings. The van der Waals surface area contributed by atoms with Crippen molar-refractivity contribution in [1.82, 2.24) is 9.97 Å². The number of nitrogens with two attached hydrogens (primary N) is 1. The second kappa shape index (κ2) is 6.50. The zero-order chi connectivity index (χ0) is 16.3. The Morgan fingerprint density at radius 3 is 2.29 bits per heavy atom. The molecule has 0 saturated heterocycles. The molecule has 21 heavy (non-hydrogen) atoms. The predicted octanol–water partition coefficient (Wildman–Crippen LogP) is 3.78.